The molecular weight excluding hydrogens is 406 g/mol. The second-order valence-corrected chi connectivity index (χ2v) is 7.46. The van der Waals surface area contributed by atoms with Crippen molar-refractivity contribution >= 4 is 17.2 Å². The van der Waals surface area contributed by atoms with Gasteiger partial charge in [-0.25, -0.2) is 9.50 Å². The van der Waals surface area contributed by atoms with Crippen LogP contribution in [0.3, 0.4) is 0 Å². The molecule has 0 spiro atoms. The van der Waals surface area contributed by atoms with Gasteiger partial charge in [-0.2, -0.15) is 0 Å². The van der Waals surface area contributed by atoms with Crippen LogP contribution in [-0.2, 0) is 6.54 Å². The van der Waals surface area contributed by atoms with Gasteiger partial charge in [0, 0.05) is 31.9 Å². The molecule has 0 radical (unpaired) electrons. The second-order valence-electron chi connectivity index (χ2n) is 7.46. The van der Waals surface area contributed by atoms with E-state index in [-0.39, 0.29) is 0 Å². The lowest BCUT2D eigenvalue weighted by molar-refractivity contribution is 0.324. The summed E-state index contributed by atoms with van der Waals surface area (Å²) in [5.74, 6) is 2.53. The predicted molar refractivity (Wildman–Crippen MR) is 126 cm³/mol. The number of hydrogen-bond donors (Lipinski definition) is 1. The molecular formula is C24H27N5O3. The molecule has 0 fully saturated rings. The number of ether oxygens (including phenoxy) is 3. The van der Waals surface area contributed by atoms with E-state index in [9.17, 15) is 0 Å². The maximum atomic E-state index is 5.44. The highest BCUT2D eigenvalue weighted by atomic mass is 16.5. The van der Waals surface area contributed by atoms with Crippen molar-refractivity contribution in [1.82, 2.24) is 14.6 Å². The average Bonchev–Trinajstić information content (AvgIpc) is 3.25. The minimum Gasteiger partial charge on any atom is -0.493 e. The summed E-state index contributed by atoms with van der Waals surface area (Å²) in [6, 6.07) is 16.0. The molecule has 4 rings (SSSR count). The molecule has 0 aliphatic heterocycles. The van der Waals surface area contributed by atoms with Gasteiger partial charge in [0.05, 0.1) is 33.2 Å². The van der Waals surface area contributed by atoms with Crippen LogP contribution < -0.4 is 24.4 Å². The summed E-state index contributed by atoms with van der Waals surface area (Å²) in [7, 11) is 8.85. The molecule has 8 nitrogen and oxygen atoms in total. The first kappa shape index (κ1) is 21.3. The van der Waals surface area contributed by atoms with E-state index in [1.165, 1.54) is 0 Å². The van der Waals surface area contributed by atoms with Crippen LogP contribution in [0.15, 0.2) is 54.7 Å². The summed E-state index contributed by atoms with van der Waals surface area (Å²) in [4.78, 5) is 6.56. The summed E-state index contributed by atoms with van der Waals surface area (Å²) >= 11 is 0. The van der Waals surface area contributed by atoms with Gasteiger partial charge in [0.25, 0.3) is 0 Å². The van der Waals surface area contributed by atoms with Gasteiger partial charge in [-0.1, -0.05) is 12.1 Å². The van der Waals surface area contributed by atoms with Crippen molar-refractivity contribution in [2.24, 2.45) is 0 Å². The maximum Gasteiger partial charge on any atom is 0.203 e. The first-order valence-electron chi connectivity index (χ1n) is 10.2. The van der Waals surface area contributed by atoms with E-state index in [1.54, 1.807) is 21.3 Å². The van der Waals surface area contributed by atoms with Gasteiger partial charge in [0.2, 0.25) is 5.75 Å². The Kier molecular flexibility index (Phi) is 6.02. The van der Waals surface area contributed by atoms with Crippen LogP contribution in [0.4, 0.5) is 11.5 Å². The molecule has 166 valence electrons. The number of fused-ring (bicyclic) bond motifs is 1. The zero-order valence-electron chi connectivity index (χ0n) is 18.9. The Morgan fingerprint density at radius 2 is 1.59 bits per heavy atom. The Balaban J connectivity index is 1.59. The van der Waals surface area contributed by atoms with Gasteiger partial charge in [-0.05, 0) is 42.0 Å². The van der Waals surface area contributed by atoms with Crippen molar-refractivity contribution in [3.05, 3.63) is 60.3 Å². The van der Waals surface area contributed by atoms with Crippen LogP contribution in [0.2, 0.25) is 0 Å². The fraction of sp³-hybridized carbons (Fsp3) is 0.250. The number of nitrogens with zero attached hydrogens (tertiary/aromatic N) is 4. The zero-order valence-corrected chi connectivity index (χ0v) is 18.9. The molecule has 0 saturated carbocycles. The Labute approximate surface area is 187 Å². The molecule has 0 saturated heterocycles. The number of hydrogen-bond acceptors (Lipinski definition) is 7. The van der Waals surface area contributed by atoms with E-state index in [0.717, 1.165) is 34.0 Å². The van der Waals surface area contributed by atoms with Crippen LogP contribution in [0, 0.1) is 0 Å². The van der Waals surface area contributed by atoms with E-state index in [1.807, 2.05) is 49.1 Å². The van der Waals surface area contributed by atoms with Crippen molar-refractivity contribution in [2.45, 2.75) is 6.54 Å². The summed E-state index contributed by atoms with van der Waals surface area (Å²) < 4.78 is 18.1. The molecule has 0 bridgehead atoms. The second kappa shape index (κ2) is 9.05. The average molecular weight is 434 g/mol. The molecule has 0 aliphatic carbocycles. The van der Waals surface area contributed by atoms with E-state index in [0.29, 0.717) is 23.8 Å². The van der Waals surface area contributed by atoms with E-state index in [2.05, 4.69) is 39.5 Å². The third-order valence-corrected chi connectivity index (χ3v) is 5.24. The Morgan fingerprint density at radius 1 is 0.906 bits per heavy atom. The number of rotatable bonds is 8. The minimum absolute atomic E-state index is 0.538. The number of aromatic nitrogens is 3. The highest BCUT2D eigenvalue weighted by Gasteiger charge is 2.14. The summed E-state index contributed by atoms with van der Waals surface area (Å²) in [5.41, 5.74) is 4.89. The lowest BCUT2D eigenvalue weighted by Gasteiger charge is -2.14. The van der Waals surface area contributed by atoms with Crippen molar-refractivity contribution in [3.63, 3.8) is 0 Å². The van der Waals surface area contributed by atoms with Crippen molar-refractivity contribution < 1.29 is 14.2 Å². The van der Waals surface area contributed by atoms with E-state index < -0.39 is 0 Å². The van der Waals surface area contributed by atoms with Crippen molar-refractivity contribution in [2.75, 3.05) is 45.6 Å². The first-order chi connectivity index (χ1) is 15.5. The maximum absolute atomic E-state index is 5.44. The Morgan fingerprint density at radius 3 is 2.19 bits per heavy atom. The van der Waals surface area contributed by atoms with Crippen LogP contribution >= 0.6 is 0 Å². The Hall–Kier alpha value is -3.94. The molecule has 2 aromatic carbocycles. The number of methoxy groups -OCH3 is 3. The van der Waals surface area contributed by atoms with Crippen LogP contribution in [0.5, 0.6) is 17.2 Å². The van der Waals surface area contributed by atoms with E-state index >= 15 is 0 Å². The number of imidazole rings is 1. The molecule has 0 unspecified atom stereocenters. The highest BCUT2D eigenvalue weighted by Crippen LogP contribution is 2.38. The topological polar surface area (TPSA) is 73.2 Å². The SMILES string of the molecule is COc1cc(CNc2ccc3ncc(-c4ccc(N(C)C)cc4)n3n2)cc(OC)c1OC. The number of nitrogens with one attached hydrogen (secondary N) is 1. The van der Waals surface area contributed by atoms with E-state index in [4.69, 9.17) is 19.3 Å². The largest absolute Gasteiger partial charge is 0.493 e. The summed E-state index contributed by atoms with van der Waals surface area (Å²) in [5, 5.41) is 8.12. The third-order valence-electron chi connectivity index (χ3n) is 5.24. The number of anilines is 2. The lowest BCUT2D eigenvalue weighted by Crippen LogP contribution is -2.08. The normalized spacial score (nSPS) is 10.8. The van der Waals surface area contributed by atoms with Gasteiger partial charge in [0.15, 0.2) is 17.1 Å². The minimum atomic E-state index is 0.538. The van der Waals surface area contributed by atoms with Crippen LogP contribution in [0.25, 0.3) is 16.9 Å². The highest BCUT2D eigenvalue weighted by molar-refractivity contribution is 5.66. The van der Waals surface area contributed by atoms with Gasteiger partial charge in [-0.3, -0.25) is 0 Å². The van der Waals surface area contributed by atoms with Gasteiger partial charge >= 0.3 is 0 Å². The molecule has 1 N–H and O–H groups in total. The molecule has 4 aromatic rings. The van der Waals surface area contributed by atoms with Crippen LogP contribution in [0.1, 0.15) is 5.56 Å². The third kappa shape index (κ3) is 4.12. The van der Waals surface area contributed by atoms with Gasteiger partial charge in [-0.15, -0.1) is 5.10 Å². The van der Waals surface area contributed by atoms with Gasteiger partial charge in [0.1, 0.15) is 5.82 Å². The molecule has 32 heavy (non-hydrogen) atoms. The summed E-state index contributed by atoms with van der Waals surface area (Å²) in [6.45, 7) is 0.538. The standard InChI is InChI=1S/C24H27N5O3/c1-28(2)18-8-6-17(7-9-18)19-15-26-23-11-10-22(27-29(19)23)25-14-16-12-20(30-3)24(32-5)21(13-16)31-4/h6-13,15H,14H2,1-5H3,(H,25,27). The van der Waals surface area contributed by atoms with Crippen LogP contribution in [-0.4, -0.2) is 50.0 Å². The monoisotopic (exact) mass is 433 g/mol. The molecule has 0 aliphatic rings. The van der Waals surface area contributed by atoms with Crippen molar-refractivity contribution in [1.29, 1.82) is 0 Å². The Bertz CT molecular complexity index is 1190. The predicted octanol–water partition coefficient (Wildman–Crippen LogP) is 4.10. The molecule has 0 amide bonds. The quantitative estimate of drug-likeness (QED) is 0.448. The number of benzene rings is 2. The molecule has 0 atom stereocenters. The van der Waals surface area contributed by atoms with Crippen molar-refractivity contribution in [3.8, 4) is 28.5 Å². The smallest absolute Gasteiger partial charge is 0.203 e. The lowest BCUT2D eigenvalue weighted by atomic mass is 10.1. The molecule has 2 heterocycles. The fourth-order valence-electron chi connectivity index (χ4n) is 3.52. The fourth-order valence-corrected chi connectivity index (χ4v) is 3.52. The molecule has 2 aromatic heterocycles. The summed E-state index contributed by atoms with van der Waals surface area (Å²) in [6.07, 6.45) is 1.84. The van der Waals surface area contributed by atoms with Gasteiger partial charge < -0.3 is 24.4 Å². The first-order valence-corrected chi connectivity index (χ1v) is 10.2. The zero-order chi connectivity index (χ0) is 22.7. The molecule has 8 heteroatoms.